The molecule has 0 aromatic heterocycles. The first-order chi connectivity index (χ1) is 4.68. The Hall–Kier alpha value is 0.440. The summed E-state index contributed by atoms with van der Waals surface area (Å²) in [7, 11) is -2.73. The number of rotatable bonds is 5. The van der Waals surface area contributed by atoms with Gasteiger partial charge in [0.05, 0.1) is 6.61 Å². The van der Waals surface area contributed by atoms with Gasteiger partial charge in [-0.05, 0) is 0 Å². The Balaban J connectivity index is 3.70. The van der Waals surface area contributed by atoms with Crippen molar-refractivity contribution in [1.82, 2.24) is 0 Å². The molecule has 62 valence electrons. The summed E-state index contributed by atoms with van der Waals surface area (Å²) in [6, 6.07) is 0. The van der Waals surface area contributed by atoms with Crippen molar-refractivity contribution in [3.8, 4) is 0 Å². The highest BCUT2D eigenvalue weighted by Crippen LogP contribution is 2.44. The Morgan fingerprint density at radius 3 is 2.60 bits per heavy atom. The Labute approximate surface area is 65.8 Å². The minimum atomic E-state index is -2.73. The number of alkyl halides is 1. The Kier molecular flexibility index (Phi) is 5.36. The number of aliphatic hydroxyl groups is 1. The lowest BCUT2D eigenvalue weighted by atomic mass is 10.9. The lowest BCUT2D eigenvalue weighted by Gasteiger charge is -2.12. The topological polar surface area (TPSA) is 46.5 Å². The smallest absolute Gasteiger partial charge is 0.227 e. The molecule has 10 heavy (non-hydrogen) atoms. The molecule has 1 unspecified atom stereocenters. The molecular formula is C5H12ClO3P. The molecule has 3 nitrogen and oxygen atoms in total. The molecule has 0 aromatic carbocycles. The summed E-state index contributed by atoms with van der Waals surface area (Å²) in [6.45, 7) is 1.96. The maximum Gasteiger partial charge on any atom is 0.227 e. The minimum Gasteiger partial charge on any atom is -0.386 e. The average Bonchev–Trinajstić information content (AvgIpc) is 2.00. The standard InChI is InChI=1S/C5H12ClO3P/c1-2-10(8,5-7)9-4-3-6/h7H,2-5H2,1H3. The van der Waals surface area contributed by atoms with Crippen molar-refractivity contribution in [1.29, 1.82) is 0 Å². The summed E-state index contributed by atoms with van der Waals surface area (Å²) in [5.41, 5.74) is 0. The van der Waals surface area contributed by atoms with E-state index >= 15 is 0 Å². The zero-order valence-corrected chi connectivity index (χ0v) is 7.57. The molecule has 0 aliphatic carbocycles. The fourth-order valence-corrected chi connectivity index (χ4v) is 1.51. The molecular weight excluding hydrogens is 174 g/mol. The largest absolute Gasteiger partial charge is 0.386 e. The third kappa shape index (κ3) is 3.57. The van der Waals surface area contributed by atoms with Crippen LogP contribution < -0.4 is 0 Å². The van der Waals surface area contributed by atoms with Gasteiger partial charge in [-0.15, -0.1) is 11.6 Å². The normalized spacial score (nSPS) is 16.7. The van der Waals surface area contributed by atoms with E-state index in [0.29, 0.717) is 12.0 Å². The van der Waals surface area contributed by atoms with E-state index in [-0.39, 0.29) is 13.0 Å². The molecule has 0 aromatic rings. The summed E-state index contributed by atoms with van der Waals surface area (Å²) in [5, 5.41) is 8.58. The number of halogens is 1. The van der Waals surface area contributed by atoms with E-state index in [9.17, 15) is 4.57 Å². The molecule has 5 heteroatoms. The molecule has 1 atom stereocenters. The number of hydrogen-bond acceptors (Lipinski definition) is 3. The van der Waals surface area contributed by atoms with Gasteiger partial charge in [0, 0.05) is 12.0 Å². The van der Waals surface area contributed by atoms with Gasteiger partial charge in [0.15, 0.2) is 0 Å². The lowest BCUT2D eigenvalue weighted by Crippen LogP contribution is -1.99. The van der Waals surface area contributed by atoms with Crippen molar-refractivity contribution in [2.24, 2.45) is 0 Å². The Morgan fingerprint density at radius 1 is 1.70 bits per heavy atom. The van der Waals surface area contributed by atoms with Crippen LogP contribution in [0.15, 0.2) is 0 Å². The summed E-state index contributed by atoms with van der Waals surface area (Å²) >= 11 is 5.29. The molecule has 0 rings (SSSR count). The van der Waals surface area contributed by atoms with E-state index in [1.165, 1.54) is 0 Å². The SMILES string of the molecule is CCP(=O)(CO)OCCCl. The zero-order chi connectivity index (χ0) is 8.04. The molecule has 0 bridgehead atoms. The fourth-order valence-electron chi connectivity index (χ4n) is 0.433. The molecule has 0 fully saturated rings. The second kappa shape index (κ2) is 5.14. The van der Waals surface area contributed by atoms with Crippen molar-refractivity contribution in [3.63, 3.8) is 0 Å². The van der Waals surface area contributed by atoms with Gasteiger partial charge in [0.25, 0.3) is 0 Å². The molecule has 0 aliphatic rings. The summed E-state index contributed by atoms with van der Waals surface area (Å²) in [5.74, 6) is 0.310. The number of hydrogen-bond donors (Lipinski definition) is 1. The van der Waals surface area contributed by atoms with E-state index < -0.39 is 7.37 Å². The highest BCUT2D eigenvalue weighted by Gasteiger charge is 2.17. The van der Waals surface area contributed by atoms with Gasteiger partial charge >= 0.3 is 0 Å². The van der Waals surface area contributed by atoms with Crippen molar-refractivity contribution in [2.75, 3.05) is 25.0 Å². The van der Waals surface area contributed by atoms with Crippen LogP contribution >= 0.6 is 19.0 Å². The first-order valence-electron chi connectivity index (χ1n) is 3.08. The monoisotopic (exact) mass is 186 g/mol. The van der Waals surface area contributed by atoms with Crippen molar-refractivity contribution in [3.05, 3.63) is 0 Å². The van der Waals surface area contributed by atoms with Gasteiger partial charge in [0.2, 0.25) is 7.37 Å². The predicted octanol–water partition coefficient (Wildman–Crippen LogP) is 1.49. The third-order valence-corrected chi connectivity index (χ3v) is 3.30. The van der Waals surface area contributed by atoms with Crippen molar-refractivity contribution >= 4 is 19.0 Å². The highest BCUT2D eigenvalue weighted by molar-refractivity contribution is 7.58. The summed E-state index contributed by atoms with van der Waals surface area (Å²) in [6.07, 6.45) is -0.0270. The first kappa shape index (κ1) is 10.4. The summed E-state index contributed by atoms with van der Waals surface area (Å²) in [4.78, 5) is 0. The molecule has 0 amide bonds. The molecule has 0 aliphatic heterocycles. The minimum absolute atomic E-state index is 0.243. The van der Waals surface area contributed by atoms with Crippen LogP contribution in [0, 0.1) is 0 Å². The van der Waals surface area contributed by atoms with Gasteiger partial charge in [-0.1, -0.05) is 6.92 Å². The van der Waals surface area contributed by atoms with Gasteiger partial charge < -0.3 is 9.63 Å². The molecule has 0 heterocycles. The van der Waals surface area contributed by atoms with Crippen LogP contribution in [-0.4, -0.2) is 30.1 Å². The van der Waals surface area contributed by atoms with Crippen molar-refractivity contribution < 1.29 is 14.2 Å². The fraction of sp³-hybridized carbons (Fsp3) is 1.00. The zero-order valence-electron chi connectivity index (χ0n) is 5.92. The maximum absolute atomic E-state index is 11.2. The van der Waals surface area contributed by atoms with Crippen LogP contribution in [0.25, 0.3) is 0 Å². The molecule has 1 N–H and O–H groups in total. The Morgan fingerprint density at radius 2 is 2.30 bits per heavy atom. The average molecular weight is 187 g/mol. The van der Waals surface area contributed by atoms with Crippen LogP contribution in [0.5, 0.6) is 0 Å². The van der Waals surface area contributed by atoms with Crippen LogP contribution in [0.2, 0.25) is 0 Å². The molecule has 0 saturated carbocycles. The van der Waals surface area contributed by atoms with E-state index in [2.05, 4.69) is 0 Å². The molecule has 0 radical (unpaired) electrons. The maximum atomic E-state index is 11.2. The predicted molar refractivity (Wildman–Crippen MR) is 41.9 cm³/mol. The highest BCUT2D eigenvalue weighted by atomic mass is 35.5. The molecule has 0 saturated heterocycles. The summed E-state index contributed by atoms with van der Waals surface area (Å²) < 4.78 is 16.0. The van der Waals surface area contributed by atoms with Crippen LogP contribution in [0.1, 0.15) is 6.92 Å². The van der Waals surface area contributed by atoms with E-state index in [4.69, 9.17) is 21.2 Å². The molecule has 0 spiro atoms. The van der Waals surface area contributed by atoms with Crippen LogP contribution in [0.4, 0.5) is 0 Å². The number of aliphatic hydroxyl groups excluding tert-OH is 1. The first-order valence-corrected chi connectivity index (χ1v) is 5.61. The van der Waals surface area contributed by atoms with Crippen LogP contribution in [-0.2, 0) is 9.09 Å². The van der Waals surface area contributed by atoms with E-state index in [0.717, 1.165) is 0 Å². The van der Waals surface area contributed by atoms with E-state index in [1.807, 2.05) is 0 Å². The quantitative estimate of drug-likeness (QED) is 0.523. The third-order valence-electron chi connectivity index (χ3n) is 1.10. The lowest BCUT2D eigenvalue weighted by molar-refractivity contribution is 0.286. The van der Waals surface area contributed by atoms with Gasteiger partial charge in [-0.25, -0.2) is 0 Å². The second-order valence-corrected chi connectivity index (χ2v) is 4.97. The second-order valence-electron chi connectivity index (χ2n) is 1.79. The van der Waals surface area contributed by atoms with Gasteiger partial charge in [-0.2, -0.15) is 0 Å². The Bertz CT molecular complexity index is 120. The van der Waals surface area contributed by atoms with Gasteiger partial charge in [0.1, 0.15) is 6.35 Å². The van der Waals surface area contributed by atoms with E-state index in [1.54, 1.807) is 6.92 Å². The van der Waals surface area contributed by atoms with Crippen molar-refractivity contribution in [2.45, 2.75) is 6.92 Å². The van der Waals surface area contributed by atoms with Gasteiger partial charge in [-0.3, -0.25) is 4.57 Å². The van der Waals surface area contributed by atoms with Crippen LogP contribution in [0.3, 0.4) is 0 Å².